The Morgan fingerprint density at radius 3 is 2.07 bits per heavy atom. The summed E-state index contributed by atoms with van der Waals surface area (Å²) in [5.74, 6) is 2.50. The maximum Gasteiger partial charge on any atom is 0.204 e. The standard InChI is InChI=1S/C23H26FN3O3/c1-15-13-20(25-18-14-19(28-2)22(29-3)23(30-4)21(15)18)27-11-9-26(10-12-27)17-7-5-16(24)6-8-17/h5-8,13-14H,9-12H2,1-4H3. The summed E-state index contributed by atoms with van der Waals surface area (Å²) < 4.78 is 29.8. The van der Waals surface area contributed by atoms with E-state index < -0.39 is 0 Å². The van der Waals surface area contributed by atoms with Crippen LogP contribution < -0.4 is 24.0 Å². The van der Waals surface area contributed by atoms with Crippen LogP contribution in [0.5, 0.6) is 17.2 Å². The molecule has 1 aromatic heterocycles. The maximum absolute atomic E-state index is 13.2. The molecule has 7 heteroatoms. The van der Waals surface area contributed by atoms with Gasteiger partial charge < -0.3 is 24.0 Å². The van der Waals surface area contributed by atoms with E-state index in [2.05, 4.69) is 22.8 Å². The molecular formula is C23H26FN3O3. The number of aromatic nitrogens is 1. The fourth-order valence-corrected chi connectivity index (χ4v) is 4.04. The molecule has 30 heavy (non-hydrogen) atoms. The highest BCUT2D eigenvalue weighted by Gasteiger charge is 2.22. The van der Waals surface area contributed by atoms with E-state index in [1.165, 1.54) is 12.1 Å². The molecule has 1 saturated heterocycles. The van der Waals surface area contributed by atoms with Gasteiger partial charge in [-0.05, 0) is 42.8 Å². The summed E-state index contributed by atoms with van der Waals surface area (Å²) in [5.41, 5.74) is 2.91. The number of methoxy groups -OCH3 is 3. The first kappa shape index (κ1) is 20.1. The minimum Gasteiger partial charge on any atom is -0.493 e. The Hall–Kier alpha value is -3.22. The Labute approximate surface area is 175 Å². The molecule has 1 aliphatic rings. The molecule has 0 bridgehead atoms. The summed E-state index contributed by atoms with van der Waals surface area (Å²) in [7, 11) is 4.83. The summed E-state index contributed by atoms with van der Waals surface area (Å²) in [6, 6.07) is 10.6. The zero-order valence-electron chi connectivity index (χ0n) is 17.7. The number of nitrogens with zero attached hydrogens (tertiary/aromatic N) is 3. The molecule has 2 aromatic carbocycles. The van der Waals surface area contributed by atoms with Gasteiger partial charge in [0, 0.05) is 43.3 Å². The number of benzene rings is 2. The van der Waals surface area contributed by atoms with Crippen LogP contribution in [0.4, 0.5) is 15.9 Å². The lowest BCUT2D eigenvalue weighted by Gasteiger charge is -2.37. The van der Waals surface area contributed by atoms with Crippen molar-refractivity contribution < 1.29 is 18.6 Å². The summed E-state index contributed by atoms with van der Waals surface area (Å²) in [5, 5.41) is 0.920. The van der Waals surface area contributed by atoms with E-state index in [0.29, 0.717) is 17.2 Å². The molecule has 2 heterocycles. The largest absolute Gasteiger partial charge is 0.493 e. The van der Waals surface area contributed by atoms with Gasteiger partial charge in [0.2, 0.25) is 5.75 Å². The van der Waals surface area contributed by atoms with Crippen molar-refractivity contribution in [3.63, 3.8) is 0 Å². The number of ether oxygens (including phenoxy) is 3. The van der Waals surface area contributed by atoms with Gasteiger partial charge >= 0.3 is 0 Å². The van der Waals surface area contributed by atoms with Gasteiger partial charge in [-0.2, -0.15) is 0 Å². The van der Waals surface area contributed by atoms with Crippen LogP contribution in [0.1, 0.15) is 5.56 Å². The second-order valence-corrected chi connectivity index (χ2v) is 7.29. The van der Waals surface area contributed by atoms with Gasteiger partial charge in [-0.15, -0.1) is 0 Å². The van der Waals surface area contributed by atoms with Crippen molar-refractivity contribution in [2.75, 3.05) is 57.3 Å². The first-order chi connectivity index (χ1) is 14.5. The molecule has 0 radical (unpaired) electrons. The van der Waals surface area contributed by atoms with Crippen LogP contribution in [0.2, 0.25) is 0 Å². The summed E-state index contributed by atoms with van der Waals surface area (Å²) in [4.78, 5) is 9.44. The number of halogens is 1. The van der Waals surface area contributed by atoms with Gasteiger partial charge in [0.1, 0.15) is 11.6 Å². The van der Waals surface area contributed by atoms with Gasteiger partial charge in [0.05, 0.1) is 26.8 Å². The molecule has 1 aliphatic heterocycles. The summed E-state index contributed by atoms with van der Waals surface area (Å²) >= 11 is 0. The summed E-state index contributed by atoms with van der Waals surface area (Å²) in [6.07, 6.45) is 0. The second-order valence-electron chi connectivity index (χ2n) is 7.29. The number of pyridine rings is 1. The molecule has 3 aromatic rings. The predicted octanol–water partition coefficient (Wildman–Crippen LogP) is 4.03. The van der Waals surface area contributed by atoms with Crippen LogP contribution in [0, 0.1) is 12.7 Å². The lowest BCUT2D eigenvalue weighted by molar-refractivity contribution is 0.327. The van der Waals surface area contributed by atoms with E-state index in [1.807, 2.05) is 18.2 Å². The summed E-state index contributed by atoms with van der Waals surface area (Å²) in [6.45, 7) is 5.41. The third kappa shape index (κ3) is 3.56. The monoisotopic (exact) mass is 411 g/mol. The number of fused-ring (bicyclic) bond motifs is 1. The van der Waals surface area contributed by atoms with E-state index in [4.69, 9.17) is 19.2 Å². The quantitative estimate of drug-likeness (QED) is 0.632. The molecule has 0 atom stereocenters. The molecule has 0 N–H and O–H groups in total. The molecule has 0 unspecified atom stereocenters. The molecular weight excluding hydrogens is 385 g/mol. The topological polar surface area (TPSA) is 47.1 Å². The van der Waals surface area contributed by atoms with E-state index in [0.717, 1.165) is 54.2 Å². The third-order valence-electron chi connectivity index (χ3n) is 5.58. The molecule has 4 rings (SSSR count). The molecule has 0 saturated carbocycles. The van der Waals surface area contributed by atoms with Crippen LogP contribution in [-0.2, 0) is 0 Å². The lowest BCUT2D eigenvalue weighted by Crippen LogP contribution is -2.46. The van der Waals surface area contributed by atoms with Crippen LogP contribution >= 0.6 is 0 Å². The van der Waals surface area contributed by atoms with Crippen molar-refractivity contribution in [3.05, 3.63) is 47.8 Å². The minimum absolute atomic E-state index is 0.212. The Kier molecular flexibility index (Phi) is 5.53. The van der Waals surface area contributed by atoms with Gasteiger partial charge in [0.15, 0.2) is 11.5 Å². The number of aryl methyl sites for hydroxylation is 1. The maximum atomic E-state index is 13.2. The van der Waals surface area contributed by atoms with Gasteiger partial charge in [0.25, 0.3) is 0 Å². The number of hydrogen-bond acceptors (Lipinski definition) is 6. The molecule has 0 spiro atoms. The molecule has 6 nitrogen and oxygen atoms in total. The highest BCUT2D eigenvalue weighted by atomic mass is 19.1. The van der Waals surface area contributed by atoms with Crippen LogP contribution in [0.25, 0.3) is 10.9 Å². The van der Waals surface area contributed by atoms with E-state index in [-0.39, 0.29) is 5.82 Å². The molecule has 1 fully saturated rings. The van der Waals surface area contributed by atoms with Crippen molar-refractivity contribution in [1.82, 2.24) is 4.98 Å². The smallest absolute Gasteiger partial charge is 0.204 e. The minimum atomic E-state index is -0.212. The van der Waals surface area contributed by atoms with Crippen molar-refractivity contribution in [2.45, 2.75) is 6.92 Å². The van der Waals surface area contributed by atoms with E-state index in [1.54, 1.807) is 21.3 Å². The molecule has 0 aliphatic carbocycles. The van der Waals surface area contributed by atoms with Gasteiger partial charge in [-0.1, -0.05) is 0 Å². The Morgan fingerprint density at radius 1 is 0.833 bits per heavy atom. The Morgan fingerprint density at radius 2 is 1.47 bits per heavy atom. The van der Waals surface area contributed by atoms with E-state index >= 15 is 0 Å². The lowest BCUT2D eigenvalue weighted by atomic mass is 10.1. The first-order valence-electron chi connectivity index (χ1n) is 9.91. The fourth-order valence-electron chi connectivity index (χ4n) is 4.04. The van der Waals surface area contributed by atoms with Crippen molar-refractivity contribution >= 4 is 22.4 Å². The van der Waals surface area contributed by atoms with Crippen LogP contribution in [0.15, 0.2) is 36.4 Å². The van der Waals surface area contributed by atoms with E-state index in [9.17, 15) is 4.39 Å². The van der Waals surface area contributed by atoms with Gasteiger partial charge in [-0.25, -0.2) is 9.37 Å². The highest BCUT2D eigenvalue weighted by molar-refractivity contribution is 5.94. The van der Waals surface area contributed by atoms with Crippen LogP contribution in [0.3, 0.4) is 0 Å². The highest BCUT2D eigenvalue weighted by Crippen LogP contribution is 2.44. The first-order valence-corrected chi connectivity index (χ1v) is 9.91. The third-order valence-corrected chi connectivity index (χ3v) is 5.58. The zero-order chi connectivity index (χ0) is 21.3. The van der Waals surface area contributed by atoms with Crippen molar-refractivity contribution in [3.8, 4) is 17.2 Å². The number of piperazine rings is 1. The molecule has 0 amide bonds. The number of rotatable bonds is 5. The zero-order valence-corrected chi connectivity index (χ0v) is 17.7. The average molecular weight is 411 g/mol. The predicted molar refractivity (Wildman–Crippen MR) is 117 cm³/mol. The van der Waals surface area contributed by atoms with Crippen LogP contribution in [-0.4, -0.2) is 52.5 Å². The Balaban J connectivity index is 1.63. The second kappa shape index (κ2) is 8.26. The number of hydrogen-bond donors (Lipinski definition) is 0. The number of anilines is 2. The van der Waals surface area contributed by atoms with Crippen molar-refractivity contribution in [2.24, 2.45) is 0 Å². The normalized spacial score (nSPS) is 14.2. The Bertz CT molecular complexity index is 1050. The van der Waals surface area contributed by atoms with Crippen molar-refractivity contribution in [1.29, 1.82) is 0 Å². The average Bonchev–Trinajstić information content (AvgIpc) is 2.78. The molecule has 158 valence electrons. The van der Waals surface area contributed by atoms with Gasteiger partial charge in [-0.3, -0.25) is 0 Å². The SMILES string of the molecule is COc1cc2nc(N3CCN(c4ccc(F)cc4)CC3)cc(C)c2c(OC)c1OC. The fraction of sp³-hybridized carbons (Fsp3) is 0.348.